The summed E-state index contributed by atoms with van der Waals surface area (Å²) in [5.41, 5.74) is 2.63. The Morgan fingerprint density at radius 2 is 1.35 bits per heavy atom. The zero-order valence-electron chi connectivity index (χ0n) is 11.1. The van der Waals surface area contributed by atoms with Crippen LogP contribution in [0.25, 0.3) is 10.8 Å². The zero-order valence-corrected chi connectivity index (χ0v) is 12.7. The van der Waals surface area contributed by atoms with Crippen molar-refractivity contribution in [3.8, 4) is 0 Å². The second kappa shape index (κ2) is 6.21. The number of hydrogen-bond acceptors (Lipinski definition) is 1. The minimum atomic E-state index is 0.866. The van der Waals surface area contributed by atoms with Crippen molar-refractivity contribution in [3.63, 3.8) is 0 Å². The van der Waals surface area contributed by atoms with E-state index in [4.69, 9.17) is 0 Å². The molecule has 1 nitrogen and oxygen atoms in total. The van der Waals surface area contributed by atoms with Crippen LogP contribution in [0.15, 0.2) is 71.2 Å². The Bertz CT molecular complexity index is 716. The van der Waals surface area contributed by atoms with E-state index in [-0.39, 0.29) is 0 Å². The summed E-state index contributed by atoms with van der Waals surface area (Å²) in [6.45, 7) is 1.74. The number of hydrogen-bond donors (Lipinski definition) is 1. The van der Waals surface area contributed by atoms with Crippen molar-refractivity contribution >= 4 is 26.7 Å². The second-order valence-electron chi connectivity index (χ2n) is 4.83. The molecule has 2 heteroatoms. The van der Waals surface area contributed by atoms with Gasteiger partial charge in [-0.05, 0) is 28.0 Å². The van der Waals surface area contributed by atoms with Gasteiger partial charge < -0.3 is 5.32 Å². The summed E-state index contributed by atoms with van der Waals surface area (Å²) in [6.07, 6.45) is 0. The molecular weight excluding hydrogens is 310 g/mol. The van der Waals surface area contributed by atoms with Crippen LogP contribution in [0.3, 0.4) is 0 Å². The lowest BCUT2D eigenvalue weighted by Gasteiger charge is -2.09. The van der Waals surface area contributed by atoms with Gasteiger partial charge in [-0.15, -0.1) is 0 Å². The lowest BCUT2D eigenvalue weighted by atomic mass is 10.0. The van der Waals surface area contributed by atoms with Crippen molar-refractivity contribution in [1.82, 2.24) is 5.32 Å². The van der Waals surface area contributed by atoms with E-state index in [0.29, 0.717) is 0 Å². The zero-order chi connectivity index (χ0) is 13.8. The fraction of sp³-hybridized carbons (Fsp3) is 0.111. The van der Waals surface area contributed by atoms with Gasteiger partial charge in [0.15, 0.2) is 0 Å². The topological polar surface area (TPSA) is 12.0 Å². The molecule has 3 aromatic rings. The molecule has 0 radical (unpaired) electrons. The molecule has 0 heterocycles. The van der Waals surface area contributed by atoms with E-state index in [1.54, 1.807) is 0 Å². The standard InChI is InChI=1S/C18H16BrN/c19-18-11-4-2-7-16(18)13-20-12-15-9-5-8-14-6-1-3-10-17(14)15/h1-11,20H,12-13H2. The van der Waals surface area contributed by atoms with Crippen LogP contribution in [0.2, 0.25) is 0 Å². The Labute approximate surface area is 127 Å². The molecule has 0 saturated carbocycles. The largest absolute Gasteiger partial charge is 0.309 e. The van der Waals surface area contributed by atoms with Crippen molar-refractivity contribution in [2.24, 2.45) is 0 Å². The smallest absolute Gasteiger partial charge is 0.0220 e. The van der Waals surface area contributed by atoms with E-state index in [9.17, 15) is 0 Å². The van der Waals surface area contributed by atoms with Crippen LogP contribution in [0.1, 0.15) is 11.1 Å². The first-order chi connectivity index (χ1) is 9.84. The Kier molecular flexibility index (Phi) is 4.14. The molecule has 0 aromatic heterocycles. The molecule has 100 valence electrons. The molecule has 0 bridgehead atoms. The molecule has 20 heavy (non-hydrogen) atoms. The fourth-order valence-corrected chi connectivity index (χ4v) is 2.85. The number of benzene rings is 3. The molecule has 1 N–H and O–H groups in total. The number of fused-ring (bicyclic) bond motifs is 1. The Morgan fingerprint density at radius 1 is 0.700 bits per heavy atom. The quantitative estimate of drug-likeness (QED) is 0.720. The molecule has 0 atom stereocenters. The van der Waals surface area contributed by atoms with Gasteiger partial charge >= 0.3 is 0 Å². The van der Waals surface area contributed by atoms with E-state index in [1.807, 2.05) is 6.07 Å². The molecule has 0 fully saturated rings. The lowest BCUT2D eigenvalue weighted by molar-refractivity contribution is 0.695. The van der Waals surface area contributed by atoms with Crippen molar-refractivity contribution in [2.45, 2.75) is 13.1 Å². The molecule has 0 aliphatic rings. The van der Waals surface area contributed by atoms with Gasteiger partial charge in [0.1, 0.15) is 0 Å². The lowest BCUT2D eigenvalue weighted by Crippen LogP contribution is -2.13. The van der Waals surface area contributed by atoms with Crippen LogP contribution >= 0.6 is 15.9 Å². The highest BCUT2D eigenvalue weighted by Crippen LogP contribution is 2.19. The first-order valence-electron chi connectivity index (χ1n) is 6.75. The maximum Gasteiger partial charge on any atom is 0.0220 e. The van der Waals surface area contributed by atoms with Crippen LogP contribution in [0.4, 0.5) is 0 Å². The average molecular weight is 326 g/mol. The first-order valence-corrected chi connectivity index (χ1v) is 7.54. The first kappa shape index (κ1) is 13.3. The molecule has 0 amide bonds. The molecule has 0 spiro atoms. The van der Waals surface area contributed by atoms with Crippen LogP contribution in [-0.2, 0) is 13.1 Å². The van der Waals surface area contributed by atoms with E-state index in [0.717, 1.165) is 17.6 Å². The van der Waals surface area contributed by atoms with E-state index >= 15 is 0 Å². The minimum absolute atomic E-state index is 0.866. The number of nitrogens with one attached hydrogen (secondary N) is 1. The van der Waals surface area contributed by atoms with Gasteiger partial charge in [0.25, 0.3) is 0 Å². The summed E-state index contributed by atoms with van der Waals surface area (Å²) < 4.78 is 1.16. The average Bonchev–Trinajstić information content (AvgIpc) is 2.49. The van der Waals surface area contributed by atoms with Gasteiger partial charge in [0, 0.05) is 17.6 Å². The number of rotatable bonds is 4. The predicted octanol–water partition coefficient (Wildman–Crippen LogP) is 4.89. The Hall–Kier alpha value is -1.64. The van der Waals surface area contributed by atoms with Gasteiger partial charge in [-0.1, -0.05) is 76.6 Å². The molecule has 0 aliphatic carbocycles. The van der Waals surface area contributed by atoms with Crippen molar-refractivity contribution in [2.75, 3.05) is 0 Å². The van der Waals surface area contributed by atoms with Gasteiger partial charge in [0.05, 0.1) is 0 Å². The molecular formula is C18H16BrN. The Morgan fingerprint density at radius 3 is 2.25 bits per heavy atom. The van der Waals surface area contributed by atoms with E-state index in [1.165, 1.54) is 21.9 Å². The van der Waals surface area contributed by atoms with Gasteiger partial charge in [0.2, 0.25) is 0 Å². The van der Waals surface area contributed by atoms with E-state index in [2.05, 4.69) is 81.9 Å². The number of halogens is 1. The van der Waals surface area contributed by atoms with Crippen LogP contribution in [-0.4, -0.2) is 0 Å². The maximum absolute atomic E-state index is 3.58. The third-order valence-electron chi connectivity index (χ3n) is 3.47. The summed E-state index contributed by atoms with van der Waals surface area (Å²) in [6, 6.07) is 23.3. The van der Waals surface area contributed by atoms with Crippen molar-refractivity contribution in [3.05, 3.63) is 82.3 Å². The van der Waals surface area contributed by atoms with Crippen molar-refractivity contribution in [1.29, 1.82) is 0 Å². The molecule has 3 rings (SSSR count). The monoisotopic (exact) mass is 325 g/mol. The molecule has 0 unspecified atom stereocenters. The van der Waals surface area contributed by atoms with Crippen molar-refractivity contribution < 1.29 is 0 Å². The highest BCUT2D eigenvalue weighted by Gasteiger charge is 2.01. The van der Waals surface area contributed by atoms with Gasteiger partial charge in [-0.3, -0.25) is 0 Å². The third-order valence-corrected chi connectivity index (χ3v) is 4.24. The van der Waals surface area contributed by atoms with Crippen LogP contribution in [0.5, 0.6) is 0 Å². The van der Waals surface area contributed by atoms with E-state index < -0.39 is 0 Å². The van der Waals surface area contributed by atoms with Crippen LogP contribution < -0.4 is 5.32 Å². The SMILES string of the molecule is Brc1ccccc1CNCc1cccc2ccccc12. The van der Waals surface area contributed by atoms with Gasteiger partial charge in [-0.2, -0.15) is 0 Å². The van der Waals surface area contributed by atoms with Crippen LogP contribution in [0, 0.1) is 0 Å². The highest BCUT2D eigenvalue weighted by molar-refractivity contribution is 9.10. The summed E-state index contributed by atoms with van der Waals surface area (Å²) in [5, 5.41) is 6.15. The maximum atomic E-state index is 3.58. The van der Waals surface area contributed by atoms with Gasteiger partial charge in [-0.25, -0.2) is 0 Å². The minimum Gasteiger partial charge on any atom is -0.309 e. The second-order valence-corrected chi connectivity index (χ2v) is 5.69. The summed E-state index contributed by atoms with van der Waals surface area (Å²) >= 11 is 3.58. The summed E-state index contributed by atoms with van der Waals surface area (Å²) in [5.74, 6) is 0. The predicted molar refractivity (Wildman–Crippen MR) is 88.6 cm³/mol. The normalized spacial score (nSPS) is 10.8. The molecule has 0 saturated heterocycles. The third kappa shape index (κ3) is 2.92. The molecule has 0 aliphatic heterocycles. The summed E-state index contributed by atoms with van der Waals surface area (Å²) in [7, 11) is 0. The fourth-order valence-electron chi connectivity index (χ4n) is 2.42. The summed E-state index contributed by atoms with van der Waals surface area (Å²) in [4.78, 5) is 0. The highest BCUT2D eigenvalue weighted by atomic mass is 79.9. The molecule has 3 aromatic carbocycles. The Balaban J connectivity index is 1.73.